The van der Waals surface area contributed by atoms with Crippen LogP contribution in [0.15, 0.2) is 30.3 Å². The number of carbonyl (C=O) groups excluding carboxylic acids is 1. The Hall–Kier alpha value is -2.43. The average molecular weight is 524 g/mol. The van der Waals surface area contributed by atoms with Gasteiger partial charge in [0.05, 0.1) is 0 Å². The molecule has 1 atom stereocenters. The smallest absolute Gasteiger partial charge is 0.407 e. The van der Waals surface area contributed by atoms with Crippen molar-refractivity contribution in [2.75, 3.05) is 23.8 Å². The molecule has 1 aliphatic rings. The second-order valence-corrected chi connectivity index (χ2v) is 11.5. The Morgan fingerprint density at radius 1 is 0.763 bits per heavy atom. The fourth-order valence-electron chi connectivity index (χ4n) is 5.58. The lowest BCUT2D eigenvalue weighted by Gasteiger charge is -2.38. The van der Waals surface area contributed by atoms with E-state index in [0.29, 0.717) is 6.54 Å². The number of amides is 1. The molecule has 0 aliphatic carbocycles. The SMILES string of the molecule is CCCCCCCCCCCCCCCCCCNC(=O)OCC1(C)Nc2cccc3c(C)ccc(c23)N1. The first-order valence-corrected chi connectivity index (χ1v) is 15.5. The van der Waals surface area contributed by atoms with Crippen molar-refractivity contribution in [2.45, 2.75) is 129 Å². The Kier molecular flexibility index (Phi) is 13.1. The number of carbonyl (C=O) groups is 1. The topological polar surface area (TPSA) is 62.4 Å². The van der Waals surface area contributed by atoms with Crippen LogP contribution >= 0.6 is 0 Å². The summed E-state index contributed by atoms with van der Waals surface area (Å²) in [5, 5.41) is 12.4. The summed E-state index contributed by atoms with van der Waals surface area (Å²) in [7, 11) is 0. The predicted molar refractivity (Wildman–Crippen MR) is 163 cm³/mol. The van der Waals surface area contributed by atoms with Gasteiger partial charge in [0.1, 0.15) is 12.3 Å². The van der Waals surface area contributed by atoms with Gasteiger partial charge in [-0.15, -0.1) is 0 Å². The predicted octanol–water partition coefficient (Wildman–Crippen LogP) is 9.69. The number of anilines is 2. The zero-order valence-electron chi connectivity index (χ0n) is 24.4. The van der Waals surface area contributed by atoms with Crippen LogP contribution < -0.4 is 16.0 Å². The van der Waals surface area contributed by atoms with E-state index in [1.807, 2.05) is 6.92 Å². The maximum atomic E-state index is 12.3. The summed E-state index contributed by atoms with van der Waals surface area (Å²) >= 11 is 0. The summed E-state index contributed by atoms with van der Waals surface area (Å²) in [6.07, 6.45) is 21.3. The molecule has 3 N–H and O–H groups in total. The highest BCUT2D eigenvalue weighted by Gasteiger charge is 2.31. The number of nitrogens with one attached hydrogen (secondary N) is 3. The van der Waals surface area contributed by atoms with Gasteiger partial charge < -0.3 is 20.7 Å². The lowest BCUT2D eigenvalue weighted by Crippen LogP contribution is -2.50. The molecule has 0 bridgehead atoms. The molecular weight excluding hydrogens is 470 g/mol. The molecule has 0 fully saturated rings. The third-order valence-electron chi connectivity index (χ3n) is 7.87. The van der Waals surface area contributed by atoms with Gasteiger partial charge in [-0.25, -0.2) is 4.79 Å². The first kappa shape index (κ1) is 30.1. The van der Waals surface area contributed by atoms with Gasteiger partial charge in [0.25, 0.3) is 0 Å². The summed E-state index contributed by atoms with van der Waals surface area (Å²) in [6.45, 7) is 7.35. The number of unbranched alkanes of at least 4 members (excludes halogenated alkanes) is 15. The lowest BCUT2D eigenvalue weighted by atomic mass is 9.98. The molecule has 2 aromatic rings. The third kappa shape index (κ3) is 10.0. The highest BCUT2D eigenvalue weighted by Crippen LogP contribution is 2.39. The first-order chi connectivity index (χ1) is 18.5. The number of benzene rings is 2. The number of hydrogen-bond acceptors (Lipinski definition) is 4. The Balaban J connectivity index is 1.16. The normalized spacial score (nSPS) is 16.2. The monoisotopic (exact) mass is 523 g/mol. The number of rotatable bonds is 19. The molecule has 5 heteroatoms. The molecule has 2 aromatic carbocycles. The van der Waals surface area contributed by atoms with Crippen molar-refractivity contribution in [2.24, 2.45) is 0 Å². The van der Waals surface area contributed by atoms with Crippen LogP contribution in [0.2, 0.25) is 0 Å². The van der Waals surface area contributed by atoms with Crippen molar-refractivity contribution in [3.63, 3.8) is 0 Å². The van der Waals surface area contributed by atoms with Crippen molar-refractivity contribution in [3.05, 3.63) is 35.9 Å². The zero-order chi connectivity index (χ0) is 27.1. The maximum absolute atomic E-state index is 12.3. The molecule has 5 nitrogen and oxygen atoms in total. The maximum Gasteiger partial charge on any atom is 0.407 e. The standard InChI is InChI=1S/C33H53N3O2/c1-4-5-6-7-8-9-10-11-12-13-14-15-16-17-18-19-25-34-32(37)38-26-33(3)35-29-22-20-21-28-27(2)23-24-30(36-33)31(28)29/h20-24,35-36H,4-19,25-26H2,1-3H3,(H,34,37). The third-order valence-corrected chi connectivity index (χ3v) is 7.87. The molecule has 1 aliphatic heterocycles. The van der Waals surface area contributed by atoms with Crippen molar-refractivity contribution >= 4 is 28.2 Å². The minimum Gasteiger partial charge on any atom is -0.445 e. The molecule has 0 aromatic heterocycles. The Labute approximate surface area is 231 Å². The summed E-state index contributed by atoms with van der Waals surface area (Å²) in [5.41, 5.74) is 2.84. The second-order valence-electron chi connectivity index (χ2n) is 11.5. The van der Waals surface area contributed by atoms with Gasteiger partial charge >= 0.3 is 6.09 Å². The summed E-state index contributed by atoms with van der Waals surface area (Å²) < 4.78 is 5.57. The summed E-state index contributed by atoms with van der Waals surface area (Å²) in [6, 6.07) is 10.5. The highest BCUT2D eigenvalue weighted by molar-refractivity contribution is 6.06. The van der Waals surface area contributed by atoms with Crippen LogP contribution in [0, 0.1) is 6.92 Å². The van der Waals surface area contributed by atoms with Gasteiger partial charge in [-0.2, -0.15) is 0 Å². The Morgan fingerprint density at radius 3 is 1.87 bits per heavy atom. The molecule has 38 heavy (non-hydrogen) atoms. The van der Waals surface area contributed by atoms with Crippen LogP contribution in [-0.4, -0.2) is 24.9 Å². The molecule has 212 valence electrons. The average Bonchev–Trinajstić information content (AvgIpc) is 2.91. The van der Waals surface area contributed by atoms with Gasteiger partial charge in [0, 0.05) is 23.3 Å². The number of alkyl carbamates (subject to hydrolysis) is 1. The fraction of sp³-hybridized carbons (Fsp3) is 0.667. The van der Waals surface area contributed by atoms with Crippen LogP contribution in [0.1, 0.15) is 122 Å². The molecule has 0 radical (unpaired) electrons. The van der Waals surface area contributed by atoms with Crippen LogP contribution in [0.3, 0.4) is 0 Å². The van der Waals surface area contributed by atoms with Crippen molar-refractivity contribution in [1.29, 1.82) is 0 Å². The minimum atomic E-state index is -0.553. The largest absolute Gasteiger partial charge is 0.445 e. The molecule has 0 spiro atoms. The van der Waals surface area contributed by atoms with Crippen LogP contribution in [0.5, 0.6) is 0 Å². The molecular formula is C33H53N3O2. The summed E-state index contributed by atoms with van der Waals surface area (Å²) in [5.74, 6) is 0. The van der Waals surface area contributed by atoms with E-state index in [0.717, 1.165) is 17.8 Å². The van der Waals surface area contributed by atoms with Gasteiger partial charge in [-0.05, 0) is 43.4 Å². The zero-order valence-corrected chi connectivity index (χ0v) is 24.4. The van der Waals surface area contributed by atoms with Crippen LogP contribution in [0.4, 0.5) is 16.2 Å². The van der Waals surface area contributed by atoms with Gasteiger partial charge in [-0.1, -0.05) is 121 Å². The Bertz CT molecular complexity index is 962. The van der Waals surface area contributed by atoms with Gasteiger partial charge in [-0.3, -0.25) is 0 Å². The molecule has 3 rings (SSSR count). The fourth-order valence-corrected chi connectivity index (χ4v) is 5.58. The van der Waals surface area contributed by atoms with E-state index >= 15 is 0 Å². The summed E-state index contributed by atoms with van der Waals surface area (Å²) in [4.78, 5) is 12.3. The number of aryl methyl sites for hydroxylation is 1. The lowest BCUT2D eigenvalue weighted by molar-refractivity contribution is 0.130. The van der Waals surface area contributed by atoms with Crippen molar-refractivity contribution in [1.82, 2.24) is 5.32 Å². The van der Waals surface area contributed by atoms with Crippen molar-refractivity contribution < 1.29 is 9.53 Å². The molecule has 1 heterocycles. The van der Waals surface area contributed by atoms with E-state index in [2.05, 4.69) is 60.1 Å². The van der Waals surface area contributed by atoms with E-state index in [4.69, 9.17) is 4.74 Å². The van der Waals surface area contributed by atoms with Gasteiger partial charge in [0.15, 0.2) is 0 Å². The van der Waals surface area contributed by atoms with Gasteiger partial charge in [0.2, 0.25) is 0 Å². The van der Waals surface area contributed by atoms with Crippen molar-refractivity contribution in [3.8, 4) is 0 Å². The Morgan fingerprint density at radius 2 is 1.29 bits per heavy atom. The van der Waals surface area contributed by atoms with E-state index in [9.17, 15) is 4.79 Å². The first-order valence-electron chi connectivity index (χ1n) is 15.5. The van der Waals surface area contributed by atoms with E-state index in [1.165, 1.54) is 113 Å². The minimum absolute atomic E-state index is 0.238. The van der Waals surface area contributed by atoms with E-state index < -0.39 is 5.66 Å². The quantitative estimate of drug-likeness (QED) is 0.160. The van der Waals surface area contributed by atoms with Crippen LogP contribution in [0.25, 0.3) is 10.8 Å². The van der Waals surface area contributed by atoms with E-state index in [1.54, 1.807) is 0 Å². The second kappa shape index (κ2) is 16.5. The van der Waals surface area contributed by atoms with Crippen LogP contribution in [-0.2, 0) is 4.74 Å². The molecule has 0 saturated heterocycles. The molecule has 1 amide bonds. The molecule has 0 saturated carbocycles. The van der Waals surface area contributed by atoms with E-state index in [-0.39, 0.29) is 12.7 Å². The number of hydrogen-bond donors (Lipinski definition) is 3. The highest BCUT2D eigenvalue weighted by atomic mass is 16.5. The molecule has 1 unspecified atom stereocenters. The number of ether oxygens (including phenoxy) is 1.